The minimum Gasteiger partial charge on any atom is -0.450 e. The van der Waals surface area contributed by atoms with Crippen LogP contribution in [-0.4, -0.2) is 0 Å². The number of halogens is 9. The van der Waals surface area contributed by atoms with Crippen molar-refractivity contribution in [2.45, 2.75) is 0 Å². The highest BCUT2D eigenvalue weighted by Crippen LogP contribution is 2.53. The standard InChI is InChI=1S/C12HCl9O2/c13-2-1-3(5(15)6(16)4(2)14)22-11-9(19)7(17)8(18)10(20)12(11)23-21/h1H. The summed E-state index contributed by atoms with van der Waals surface area (Å²) in [6.07, 6.45) is 0. The Balaban J connectivity index is 2.67. The first-order valence-corrected chi connectivity index (χ1v) is 8.69. The smallest absolute Gasteiger partial charge is 0.210 e. The predicted molar refractivity (Wildman–Crippen MR) is 99.5 cm³/mol. The highest BCUT2D eigenvalue weighted by molar-refractivity contribution is 6.53. The molecule has 0 aliphatic rings. The van der Waals surface area contributed by atoms with Crippen LogP contribution in [0.2, 0.25) is 40.2 Å². The minimum atomic E-state index is -0.161. The van der Waals surface area contributed by atoms with Crippen molar-refractivity contribution in [3.8, 4) is 17.2 Å². The Morgan fingerprint density at radius 1 is 0.565 bits per heavy atom. The molecule has 0 aromatic heterocycles. The Bertz CT molecular complexity index is 791. The topological polar surface area (TPSA) is 18.5 Å². The van der Waals surface area contributed by atoms with E-state index in [4.69, 9.17) is 109 Å². The van der Waals surface area contributed by atoms with Gasteiger partial charge in [-0.2, -0.15) is 0 Å². The molecule has 0 aliphatic carbocycles. The second kappa shape index (κ2) is 7.90. The second-order valence-electron chi connectivity index (χ2n) is 3.89. The van der Waals surface area contributed by atoms with Gasteiger partial charge in [0.1, 0.15) is 32.7 Å². The van der Waals surface area contributed by atoms with E-state index >= 15 is 0 Å². The van der Waals surface area contributed by atoms with Crippen LogP contribution in [0.5, 0.6) is 17.2 Å². The molecule has 0 radical (unpaired) electrons. The van der Waals surface area contributed by atoms with Crippen LogP contribution in [-0.2, 0) is 0 Å². The summed E-state index contributed by atoms with van der Waals surface area (Å²) in [5, 5.41) is -0.174. The molecule has 2 rings (SSSR count). The van der Waals surface area contributed by atoms with Crippen LogP contribution in [0.15, 0.2) is 6.07 Å². The van der Waals surface area contributed by atoms with Gasteiger partial charge < -0.3 is 9.03 Å². The van der Waals surface area contributed by atoms with Crippen molar-refractivity contribution >= 4 is 105 Å². The average molecular weight is 496 g/mol. The maximum atomic E-state index is 6.09. The van der Waals surface area contributed by atoms with E-state index in [1.165, 1.54) is 6.07 Å². The molecular formula is C12HCl9O2. The summed E-state index contributed by atoms with van der Waals surface area (Å²) < 4.78 is 10.2. The van der Waals surface area contributed by atoms with Crippen molar-refractivity contribution in [3.63, 3.8) is 0 Å². The second-order valence-corrected chi connectivity index (χ2v) is 7.10. The Hall–Kier alpha value is 0.650. The van der Waals surface area contributed by atoms with Gasteiger partial charge in [-0.3, -0.25) is 0 Å². The molecule has 124 valence electrons. The van der Waals surface area contributed by atoms with Crippen LogP contribution < -0.4 is 9.03 Å². The van der Waals surface area contributed by atoms with Crippen molar-refractivity contribution in [1.82, 2.24) is 0 Å². The van der Waals surface area contributed by atoms with Gasteiger partial charge in [0.2, 0.25) is 5.75 Å². The predicted octanol–water partition coefficient (Wildman–Crippen LogP) is 9.24. The van der Waals surface area contributed by atoms with E-state index < -0.39 is 0 Å². The summed E-state index contributed by atoms with van der Waals surface area (Å²) >= 11 is 53.2. The lowest BCUT2D eigenvalue weighted by atomic mass is 10.3. The van der Waals surface area contributed by atoms with Crippen molar-refractivity contribution in [1.29, 1.82) is 0 Å². The van der Waals surface area contributed by atoms with Crippen molar-refractivity contribution in [2.24, 2.45) is 0 Å². The molecule has 0 saturated heterocycles. The van der Waals surface area contributed by atoms with E-state index in [-0.39, 0.29) is 57.4 Å². The van der Waals surface area contributed by atoms with Gasteiger partial charge in [0, 0.05) is 6.07 Å². The molecule has 0 heterocycles. The van der Waals surface area contributed by atoms with Gasteiger partial charge in [-0.15, -0.1) is 0 Å². The number of benzene rings is 2. The van der Waals surface area contributed by atoms with Crippen LogP contribution >= 0.6 is 105 Å². The number of ether oxygens (including phenoxy) is 1. The molecule has 11 heteroatoms. The van der Waals surface area contributed by atoms with Gasteiger partial charge in [0.05, 0.1) is 25.1 Å². The molecule has 2 aromatic carbocycles. The van der Waals surface area contributed by atoms with Crippen molar-refractivity contribution < 1.29 is 9.03 Å². The summed E-state index contributed by atoms with van der Waals surface area (Å²) in [4.78, 5) is 0. The first kappa shape index (κ1) is 20.0. The van der Waals surface area contributed by atoms with E-state index in [1.807, 2.05) is 0 Å². The molecular weight excluding hydrogens is 495 g/mol. The molecule has 0 spiro atoms. The summed E-state index contributed by atoms with van der Waals surface area (Å²) in [6, 6.07) is 1.32. The van der Waals surface area contributed by atoms with Gasteiger partial charge in [-0.25, -0.2) is 0 Å². The monoisotopic (exact) mass is 492 g/mol. The summed E-state index contributed by atoms with van der Waals surface area (Å²) in [5.74, 6) is -0.263. The summed E-state index contributed by atoms with van der Waals surface area (Å²) in [7, 11) is 0. The maximum absolute atomic E-state index is 6.09. The fourth-order valence-electron chi connectivity index (χ4n) is 1.49. The van der Waals surface area contributed by atoms with Crippen LogP contribution in [0.25, 0.3) is 0 Å². The zero-order valence-corrected chi connectivity index (χ0v) is 17.1. The van der Waals surface area contributed by atoms with Gasteiger partial charge in [0.15, 0.2) is 5.75 Å². The van der Waals surface area contributed by atoms with Crippen molar-refractivity contribution in [2.75, 3.05) is 0 Å². The highest BCUT2D eigenvalue weighted by Gasteiger charge is 2.25. The summed E-state index contributed by atoms with van der Waals surface area (Å²) in [5.41, 5.74) is 0. The van der Waals surface area contributed by atoms with Gasteiger partial charge in [-0.05, 0) is 0 Å². The molecule has 0 unspecified atom stereocenters. The van der Waals surface area contributed by atoms with E-state index in [0.717, 1.165) is 0 Å². The normalized spacial score (nSPS) is 10.8. The van der Waals surface area contributed by atoms with Crippen LogP contribution in [0, 0.1) is 0 Å². The van der Waals surface area contributed by atoms with E-state index in [9.17, 15) is 0 Å². The molecule has 2 aromatic rings. The Morgan fingerprint density at radius 2 is 1.04 bits per heavy atom. The SMILES string of the molecule is ClOc1c(Cl)c(Cl)c(Cl)c(Cl)c1Oc1cc(Cl)c(Cl)c(Cl)c1Cl. The van der Waals surface area contributed by atoms with Gasteiger partial charge in [-0.1, -0.05) is 92.8 Å². The lowest BCUT2D eigenvalue weighted by Gasteiger charge is -2.16. The molecule has 0 bridgehead atoms. The van der Waals surface area contributed by atoms with Gasteiger partial charge >= 0.3 is 0 Å². The fourth-order valence-corrected chi connectivity index (χ4v) is 3.39. The van der Waals surface area contributed by atoms with Crippen LogP contribution in [0.3, 0.4) is 0 Å². The lowest BCUT2D eigenvalue weighted by Crippen LogP contribution is -1.93. The minimum absolute atomic E-state index is 0.00791. The quantitative estimate of drug-likeness (QED) is 0.312. The number of hydrogen-bond donors (Lipinski definition) is 0. The van der Waals surface area contributed by atoms with E-state index in [0.29, 0.717) is 0 Å². The fraction of sp³-hybridized carbons (Fsp3) is 0. The molecule has 0 fully saturated rings. The highest BCUT2D eigenvalue weighted by atomic mass is 35.5. The number of hydrogen-bond acceptors (Lipinski definition) is 2. The van der Waals surface area contributed by atoms with E-state index in [2.05, 4.69) is 4.29 Å². The van der Waals surface area contributed by atoms with Crippen molar-refractivity contribution in [3.05, 3.63) is 46.2 Å². The number of rotatable bonds is 3. The lowest BCUT2D eigenvalue weighted by molar-refractivity contribution is 0.456. The Morgan fingerprint density at radius 3 is 1.57 bits per heavy atom. The molecule has 2 nitrogen and oxygen atoms in total. The largest absolute Gasteiger partial charge is 0.450 e. The zero-order valence-electron chi connectivity index (χ0n) is 10.3. The molecule has 0 saturated carbocycles. The van der Waals surface area contributed by atoms with Gasteiger partial charge in [0.25, 0.3) is 0 Å². The molecule has 0 amide bonds. The third-order valence-corrected chi connectivity index (χ3v) is 6.20. The Labute approximate surface area is 176 Å². The first-order chi connectivity index (χ1) is 10.7. The Kier molecular flexibility index (Phi) is 6.86. The third kappa shape index (κ3) is 3.76. The maximum Gasteiger partial charge on any atom is 0.210 e. The molecule has 0 aliphatic heterocycles. The average Bonchev–Trinajstić information content (AvgIpc) is 2.53. The third-order valence-electron chi connectivity index (χ3n) is 2.54. The molecule has 0 atom stereocenters. The van der Waals surface area contributed by atoms with Crippen LogP contribution in [0.4, 0.5) is 0 Å². The summed E-state index contributed by atoms with van der Waals surface area (Å²) in [6.45, 7) is 0. The first-order valence-electron chi connectivity index (χ1n) is 5.36. The molecule has 0 N–H and O–H groups in total. The molecule has 23 heavy (non-hydrogen) atoms. The van der Waals surface area contributed by atoms with E-state index in [1.54, 1.807) is 0 Å². The zero-order chi connectivity index (χ0) is 17.5. The van der Waals surface area contributed by atoms with Crippen LogP contribution in [0.1, 0.15) is 0 Å².